The lowest BCUT2D eigenvalue weighted by Crippen LogP contribution is -2.47. The molecule has 0 aliphatic heterocycles. The van der Waals surface area contributed by atoms with Crippen LogP contribution in [0.15, 0.2) is 16.3 Å². The highest BCUT2D eigenvalue weighted by Crippen LogP contribution is 2.44. The molecule has 8 heteroatoms. The first-order valence-corrected chi connectivity index (χ1v) is 8.66. The number of thiophene rings is 1. The summed E-state index contributed by atoms with van der Waals surface area (Å²) in [4.78, 5) is 11.7. The average molecular weight is 328 g/mol. The molecule has 1 aromatic rings. The lowest BCUT2D eigenvalue weighted by atomic mass is 9.99. The Labute approximate surface area is 128 Å². The standard InChI is InChI=1S/C13H16N2O4S2/c1-13(8-14,9-4-5-9)15(2)21(17,18)10-6-11(20-7-10)12(16)19-3/h6-7,9H,4-5H2,1-3H3/t13-/m1/s1. The molecule has 21 heavy (non-hydrogen) atoms. The maximum atomic E-state index is 12.6. The van der Waals surface area contributed by atoms with Crippen LogP contribution in [0.1, 0.15) is 29.4 Å². The van der Waals surface area contributed by atoms with Crippen molar-refractivity contribution in [2.75, 3.05) is 14.2 Å². The van der Waals surface area contributed by atoms with Crippen molar-refractivity contribution in [2.24, 2.45) is 5.92 Å². The number of methoxy groups -OCH3 is 1. The number of sulfonamides is 1. The summed E-state index contributed by atoms with van der Waals surface area (Å²) in [6, 6.07) is 3.40. The van der Waals surface area contributed by atoms with Crippen LogP contribution in [0, 0.1) is 17.2 Å². The van der Waals surface area contributed by atoms with Crippen molar-refractivity contribution in [1.29, 1.82) is 5.26 Å². The van der Waals surface area contributed by atoms with E-state index in [-0.39, 0.29) is 15.7 Å². The van der Waals surface area contributed by atoms with E-state index in [0.717, 1.165) is 28.5 Å². The Kier molecular flexibility index (Phi) is 4.10. The van der Waals surface area contributed by atoms with E-state index in [0.29, 0.717) is 0 Å². The number of carbonyl (C=O) groups is 1. The number of nitriles is 1. The first-order chi connectivity index (χ1) is 9.77. The molecule has 1 aromatic heterocycles. The fourth-order valence-corrected chi connectivity index (χ4v) is 4.80. The largest absolute Gasteiger partial charge is 0.465 e. The molecule has 0 bridgehead atoms. The van der Waals surface area contributed by atoms with Gasteiger partial charge in [-0.2, -0.15) is 9.57 Å². The van der Waals surface area contributed by atoms with Gasteiger partial charge in [0.05, 0.1) is 18.1 Å². The molecular formula is C13H16N2O4S2. The van der Waals surface area contributed by atoms with Gasteiger partial charge in [-0.15, -0.1) is 11.3 Å². The molecule has 0 unspecified atom stereocenters. The molecule has 1 aliphatic rings. The van der Waals surface area contributed by atoms with Crippen molar-refractivity contribution in [1.82, 2.24) is 4.31 Å². The van der Waals surface area contributed by atoms with Crippen molar-refractivity contribution >= 4 is 27.3 Å². The number of nitrogens with zero attached hydrogens (tertiary/aromatic N) is 2. The minimum Gasteiger partial charge on any atom is -0.465 e. The first-order valence-electron chi connectivity index (χ1n) is 6.34. The van der Waals surface area contributed by atoms with E-state index in [1.807, 2.05) is 0 Å². The maximum Gasteiger partial charge on any atom is 0.348 e. The van der Waals surface area contributed by atoms with E-state index in [2.05, 4.69) is 10.8 Å². The van der Waals surface area contributed by atoms with E-state index in [1.165, 1.54) is 25.6 Å². The van der Waals surface area contributed by atoms with E-state index >= 15 is 0 Å². The third-order valence-corrected chi connectivity index (χ3v) is 6.86. The molecule has 0 amide bonds. The zero-order chi connectivity index (χ0) is 15.8. The summed E-state index contributed by atoms with van der Waals surface area (Å²) < 4.78 is 30.9. The van der Waals surface area contributed by atoms with Gasteiger partial charge in [-0.1, -0.05) is 0 Å². The monoisotopic (exact) mass is 328 g/mol. The summed E-state index contributed by atoms with van der Waals surface area (Å²) in [5.74, 6) is -0.518. The third kappa shape index (κ3) is 2.69. The lowest BCUT2D eigenvalue weighted by molar-refractivity contribution is 0.0606. The van der Waals surface area contributed by atoms with Crippen molar-refractivity contribution in [3.8, 4) is 6.07 Å². The van der Waals surface area contributed by atoms with E-state index < -0.39 is 21.5 Å². The molecule has 0 saturated heterocycles. The Balaban J connectivity index is 2.35. The Morgan fingerprint density at radius 2 is 2.19 bits per heavy atom. The normalized spacial score (nSPS) is 18.0. The number of hydrogen-bond acceptors (Lipinski definition) is 6. The van der Waals surface area contributed by atoms with Crippen molar-refractivity contribution in [3.63, 3.8) is 0 Å². The summed E-state index contributed by atoms with van der Waals surface area (Å²) in [6.45, 7) is 1.63. The predicted octanol–water partition coefficient (Wildman–Crippen LogP) is 1.85. The molecule has 0 N–H and O–H groups in total. The van der Waals surface area contributed by atoms with Crippen LogP contribution >= 0.6 is 11.3 Å². The first kappa shape index (κ1) is 15.9. The second-order valence-corrected chi connectivity index (χ2v) is 8.02. The molecule has 1 saturated carbocycles. The van der Waals surface area contributed by atoms with Gasteiger partial charge in [-0.05, 0) is 31.7 Å². The van der Waals surface area contributed by atoms with E-state index in [9.17, 15) is 18.5 Å². The fourth-order valence-electron chi connectivity index (χ4n) is 2.13. The smallest absolute Gasteiger partial charge is 0.348 e. The average Bonchev–Trinajstić information content (AvgIpc) is 3.21. The van der Waals surface area contributed by atoms with Crippen molar-refractivity contribution in [3.05, 3.63) is 16.3 Å². The summed E-state index contributed by atoms with van der Waals surface area (Å²) in [5.41, 5.74) is -1.06. The molecular weight excluding hydrogens is 312 g/mol. The molecule has 114 valence electrons. The van der Waals surface area contributed by atoms with E-state index in [4.69, 9.17) is 0 Å². The highest BCUT2D eigenvalue weighted by molar-refractivity contribution is 7.89. The molecule has 1 aliphatic carbocycles. The lowest BCUT2D eigenvalue weighted by Gasteiger charge is -2.31. The van der Waals surface area contributed by atoms with Gasteiger partial charge in [-0.25, -0.2) is 13.2 Å². The van der Waals surface area contributed by atoms with Gasteiger partial charge in [0, 0.05) is 12.4 Å². The van der Waals surface area contributed by atoms with Gasteiger partial charge in [0.2, 0.25) is 10.0 Å². The maximum absolute atomic E-state index is 12.6. The van der Waals surface area contributed by atoms with Gasteiger partial charge >= 0.3 is 5.97 Å². The Morgan fingerprint density at radius 3 is 2.67 bits per heavy atom. The predicted molar refractivity (Wildman–Crippen MR) is 77.3 cm³/mol. The van der Waals surface area contributed by atoms with E-state index in [1.54, 1.807) is 6.92 Å². The molecule has 0 spiro atoms. The molecule has 0 radical (unpaired) electrons. The SMILES string of the molecule is COC(=O)c1cc(S(=O)(=O)N(C)[C@](C)(C#N)C2CC2)cs1. The second-order valence-electron chi connectivity index (χ2n) is 5.14. The minimum absolute atomic E-state index is 0.0116. The fraction of sp³-hybridized carbons (Fsp3) is 0.538. The molecule has 1 fully saturated rings. The number of hydrogen-bond donors (Lipinski definition) is 0. The quantitative estimate of drug-likeness (QED) is 0.770. The number of esters is 1. The van der Waals surface area contributed by atoms with Crippen LogP contribution in [0.3, 0.4) is 0 Å². The molecule has 0 aromatic carbocycles. The minimum atomic E-state index is -3.82. The number of carbonyl (C=O) groups excluding carboxylic acids is 1. The zero-order valence-electron chi connectivity index (χ0n) is 12.0. The van der Waals surface area contributed by atoms with Crippen LogP contribution in [0.5, 0.6) is 0 Å². The Morgan fingerprint density at radius 1 is 1.57 bits per heavy atom. The summed E-state index contributed by atoms with van der Waals surface area (Å²) in [7, 11) is -1.17. The Hall–Kier alpha value is -1.43. The van der Waals surface area contributed by atoms with Crippen molar-refractivity contribution in [2.45, 2.75) is 30.2 Å². The summed E-state index contributed by atoms with van der Waals surface area (Å²) in [6.07, 6.45) is 1.70. The molecule has 2 rings (SSSR count). The van der Waals surface area contributed by atoms with Crippen LogP contribution in [-0.4, -0.2) is 38.4 Å². The van der Waals surface area contributed by atoms with Gasteiger partial charge in [-0.3, -0.25) is 0 Å². The van der Waals surface area contributed by atoms with Crippen LogP contribution in [0.4, 0.5) is 0 Å². The third-order valence-electron chi connectivity index (χ3n) is 3.87. The van der Waals surface area contributed by atoms with Crippen LogP contribution in [0.2, 0.25) is 0 Å². The number of ether oxygens (including phenoxy) is 1. The summed E-state index contributed by atoms with van der Waals surface area (Å²) in [5, 5.41) is 10.8. The van der Waals surface area contributed by atoms with Crippen molar-refractivity contribution < 1.29 is 17.9 Å². The Bertz CT molecular complexity index is 700. The van der Waals surface area contributed by atoms with Crippen LogP contribution < -0.4 is 0 Å². The summed E-state index contributed by atoms with van der Waals surface area (Å²) >= 11 is 1.01. The topological polar surface area (TPSA) is 87.5 Å². The zero-order valence-corrected chi connectivity index (χ0v) is 13.6. The molecule has 1 heterocycles. The van der Waals surface area contributed by atoms with Gasteiger partial charge in [0.15, 0.2) is 0 Å². The second kappa shape index (κ2) is 5.40. The highest BCUT2D eigenvalue weighted by atomic mass is 32.2. The van der Waals surface area contributed by atoms with Gasteiger partial charge in [0.25, 0.3) is 0 Å². The molecule has 1 atom stereocenters. The molecule has 6 nitrogen and oxygen atoms in total. The van der Waals surface area contributed by atoms with Crippen LogP contribution in [-0.2, 0) is 14.8 Å². The van der Waals surface area contributed by atoms with Crippen LogP contribution in [0.25, 0.3) is 0 Å². The highest BCUT2D eigenvalue weighted by Gasteiger charge is 2.49. The number of rotatable bonds is 5. The van der Waals surface area contributed by atoms with Gasteiger partial charge < -0.3 is 4.74 Å². The van der Waals surface area contributed by atoms with Gasteiger partial charge in [0.1, 0.15) is 10.4 Å².